The maximum absolute atomic E-state index is 12.2. The first-order chi connectivity index (χ1) is 29.8. The van der Waals surface area contributed by atoms with Gasteiger partial charge >= 0.3 is 80.9 Å². The number of aromatic hydroxyl groups is 2. The Hall–Kier alpha value is -4.40. The summed E-state index contributed by atoms with van der Waals surface area (Å²) in [5.41, 5.74) is 6.33. The van der Waals surface area contributed by atoms with E-state index in [1.807, 2.05) is 0 Å². The molecule has 0 aliphatic heterocycles. The van der Waals surface area contributed by atoms with Crippen molar-refractivity contribution >= 4 is 113 Å². The molecule has 0 heterocycles. The van der Waals surface area contributed by atoms with Crippen LogP contribution in [0, 0.1) is 6.92 Å². The standard InChI is InChI=1S/C38H29N7O15S4.K.Na/c1-18-9-31(43-45-38-33(46)8-3-19-10-22(62(51,52)53)14-27(39)36(19)38)35(60-2)17-30(18)42-41-29-7-6-28(25-5-4-21(13-26(25)29)61(48,49)50)40-44-32-15-23(63(54,55)56)11-20-12-24(64(57,58)59)16-34(47)37(20)32;;/h3-17,46-47H,39H2,1-2H3,(H,48,49,50)(H,51,52,53)(H,54,55,56)(H,57,58,59);;/q;2*+1. The average Bonchev–Trinajstić information content (AvgIpc) is 3.20. The van der Waals surface area contributed by atoms with Gasteiger partial charge in [-0.2, -0.15) is 38.8 Å². The van der Waals surface area contributed by atoms with Crippen molar-refractivity contribution in [2.45, 2.75) is 26.5 Å². The molecule has 0 atom stereocenters. The number of nitrogen functional groups attached to an aromatic ring is 1. The summed E-state index contributed by atoms with van der Waals surface area (Å²) in [6.07, 6.45) is 0. The molecule has 0 aromatic heterocycles. The van der Waals surface area contributed by atoms with E-state index in [1.165, 1.54) is 49.6 Å². The van der Waals surface area contributed by atoms with Crippen LogP contribution in [0.5, 0.6) is 17.2 Å². The van der Waals surface area contributed by atoms with Crippen molar-refractivity contribution in [3.8, 4) is 17.2 Å². The summed E-state index contributed by atoms with van der Waals surface area (Å²) in [5.74, 6) is -0.989. The van der Waals surface area contributed by atoms with Crippen LogP contribution in [0.2, 0.25) is 0 Å². The van der Waals surface area contributed by atoms with E-state index in [9.17, 15) is 62.1 Å². The van der Waals surface area contributed by atoms with Gasteiger partial charge in [0, 0.05) is 34.0 Å². The first kappa shape index (κ1) is 52.6. The number of phenols is 2. The van der Waals surface area contributed by atoms with E-state index >= 15 is 0 Å². The van der Waals surface area contributed by atoms with E-state index < -0.39 is 65.8 Å². The molecular weight excluding hydrogens is 985 g/mol. The number of hydrogen-bond donors (Lipinski definition) is 7. The van der Waals surface area contributed by atoms with Crippen LogP contribution in [0.1, 0.15) is 5.56 Å². The fourth-order valence-electron chi connectivity index (χ4n) is 6.45. The first-order valence-corrected chi connectivity index (χ1v) is 23.4. The molecule has 0 radical (unpaired) electrons. The Morgan fingerprint density at radius 3 is 1.59 bits per heavy atom. The number of aryl methyl sites for hydroxylation is 1. The third-order valence-corrected chi connectivity index (χ3v) is 12.8. The number of hydrogen-bond acceptors (Lipinski definition) is 18. The monoisotopic (exact) mass is 1010 g/mol. The fourth-order valence-corrected chi connectivity index (χ4v) is 8.58. The van der Waals surface area contributed by atoms with E-state index in [2.05, 4.69) is 30.7 Å². The minimum Gasteiger partial charge on any atom is -0.507 e. The smallest absolute Gasteiger partial charge is 0.507 e. The maximum atomic E-state index is 12.2. The summed E-state index contributed by atoms with van der Waals surface area (Å²) in [6, 6.07) is 17.0. The van der Waals surface area contributed by atoms with E-state index in [1.54, 1.807) is 6.92 Å². The number of nitrogens with two attached hydrogens (primary N) is 1. The number of benzene rings is 7. The van der Waals surface area contributed by atoms with E-state index in [-0.39, 0.29) is 165 Å². The molecule has 28 heteroatoms. The van der Waals surface area contributed by atoms with Crippen LogP contribution in [0.25, 0.3) is 32.3 Å². The van der Waals surface area contributed by atoms with Crippen molar-refractivity contribution in [2.24, 2.45) is 30.7 Å². The van der Waals surface area contributed by atoms with Gasteiger partial charge in [-0.15, -0.1) is 25.6 Å². The van der Waals surface area contributed by atoms with Crippen molar-refractivity contribution in [3.05, 3.63) is 96.6 Å². The van der Waals surface area contributed by atoms with Crippen LogP contribution in [0.3, 0.4) is 0 Å². The van der Waals surface area contributed by atoms with Gasteiger partial charge in [0.05, 0.1) is 54.8 Å². The topological polar surface area (TPSA) is 367 Å². The Kier molecular flexibility index (Phi) is 15.7. The molecular formula is C38H29KN7NaO15S4+2. The second-order valence-corrected chi connectivity index (χ2v) is 19.3. The van der Waals surface area contributed by atoms with Gasteiger partial charge in [-0.1, -0.05) is 12.1 Å². The summed E-state index contributed by atoms with van der Waals surface area (Å²) in [7, 11) is -17.9. The minimum atomic E-state index is -4.94. The number of ether oxygens (including phenoxy) is 1. The summed E-state index contributed by atoms with van der Waals surface area (Å²) in [6.45, 7) is 1.64. The van der Waals surface area contributed by atoms with Gasteiger partial charge in [0.25, 0.3) is 40.5 Å². The van der Waals surface area contributed by atoms with Crippen molar-refractivity contribution in [3.63, 3.8) is 0 Å². The SMILES string of the molecule is COc1cc(N=Nc2ccc(N=Nc3cc(S(=O)(=O)O)cc4cc(S(=O)(=O)O)cc(O)c34)c3ccc(S(=O)(=O)O)cc23)c(C)cc1N=Nc1c(O)ccc2cc(S(=O)(=O)O)cc(N)c12.[K+].[Na+]. The molecule has 0 spiro atoms. The van der Waals surface area contributed by atoms with Crippen molar-refractivity contribution in [1.82, 2.24) is 0 Å². The Morgan fingerprint density at radius 1 is 0.485 bits per heavy atom. The molecule has 330 valence electrons. The molecule has 7 aromatic carbocycles. The molecule has 0 saturated heterocycles. The molecule has 0 aliphatic carbocycles. The van der Waals surface area contributed by atoms with E-state index in [0.29, 0.717) is 11.6 Å². The maximum Gasteiger partial charge on any atom is 1.00 e. The molecule has 8 N–H and O–H groups in total. The normalized spacial score (nSPS) is 12.6. The van der Waals surface area contributed by atoms with Gasteiger partial charge in [-0.25, -0.2) is 0 Å². The van der Waals surface area contributed by atoms with Crippen LogP contribution in [0.4, 0.5) is 39.8 Å². The second kappa shape index (κ2) is 19.7. The summed E-state index contributed by atoms with van der Waals surface area (Å²) >= 11 is 0. The molecule has 0 fully saturated rings. The summed E-state index contributed by atoms with van der Waals surface area (Å²) < 4.78 is 140. The van der Waals surface area contributed by atoms with Crippen molar-refractivity contribution < 1.29 is 148 Å². The molecule has 0 amide bonds. The van der Waals surface area contributed by atoms with Crippen LogP contribution < -0.4 is 91.4 Å². The molecule has 0 aliphatic rings. The van der Waals surface area contributed by atoms with Crippen LogP contribution in [0.15, 0.2) is 141 Å². The van der Waals surface area contributed by atoms with E-state index in [4.69, 9.17) is 10.5 Å². The van der Waals surface area contributed by atoms with Gasteiger partial charge in [-0.3, -0.25) is 18.2 Å². The number of nitrogens with zero attached hydrogens (tertiary/aromatic N) is 6. The molecule has 66 heavy (non-hydrogen) atoms. The molecule has 22 nitrogen and oxygen atoms in total. The van der Waals surface area contributed by atoms with Gasteiger partial charge < -0.3 is 20.7 Å². The number of azo groups is 3. The van der Waals surface area contributed by atoms with Gasteiger partial charge in [0.2, 0.25) is 0 Å². The molecule has 0 bridgehead atoms. The third-order valence-electron chi connectivity index (χ3n) is 9.45. The summed E-state index contributed by atoms with van der Waals surface area (Å²) in [5, 5.41) is 46.7. The molecule has 0 saturated carbocycles. The quantitative estimate of drug-likeness (QED) is 0.0424. The second-order valence-electron chi connectivity index (χ2n) is 13.6. The Labute approximate surface area is 439 Å². The Morgan fingerprint density at radius 2 is 1.00 bits per heavy atom. The number of methoxy groups -OCH3 is 1. The van der Waals surface area contributed by atoms with Crippen LogP contribution in [-0.2, 0) is 40.5 Å². The van der Waals surface area contributed by atoms with Crippen molar-refractivity contribution in [1.29, 1.82) is 0 Å². The number of fused-ring (bicyclic) bond motifs is 3. The predicted octanol–water partition coefficient (Wildman–Crippen LogP) is 2.70. The summed E-state index contributed by atoms with van der Waals surface area (Å²) in [4.78, 5) is -2.57. The largest absolute Gasteiger partial charge is 1.00 e. The van der Waals surface area contributed by atoms with Crippen LogP contribution >= 0.6 is 0 Å². The Balaban J connectivity index is 0.00000408. The zero-order valence-corrected chi connectivity index (χ0v) is 42.8. The number of anilines is 1. The molecule has 7 rings (SSSR count). The third kappa shape index (κ3) is 11.1. The van der Waals surface area contributed by atoms with Crippen molar-refractivity contribution in [2.75, 3.05) is 12.8 Å². The van der Waals surface area contributed by atoms with Gasteiger partial charge in [-0.05, 0) is 90.0 Å². The fraction of sp³-hybridized carbons (Fsp3) is 0.0526. The zero-order chi connectivity index (χ0) is 46.7. The number of rotatable bonds is 11. The number of phenolic OH excluding ortho intramolecular Hbond substituents is 2. The average molecular weight is 1010 g/mol. The first-order valence-electron chi connectivity index (χ1n) is 17.6. The Bertz CT molecular complexity index is 3720. The van der Waals surface area contributed by atoms with Crippen LogP contribution in [-0.4, -0.2) is 69.2 Å². The van der Waals surface area contributed by atoms with E-state index in [0.717, 1.165) is 42.5 Å². The molecule has 7 aromatic rings. The van der Waals surface area contributed by atoms with Gasteiger partial charge in [0.15, 0.2) is 0 Å². The van der Waals surface area contributed by atoms with Gasteiger partial charge in [0.1, 0.15) is 28.6 Å². The predicted molar refractivity (Wildman–Crippen MR) is 229 cm³/mol. The zero-order valence-electron chi connectivity index (χ0n) is 34.4. The minimum absolute atomic E-state index is 0. The molecule has 0 unspecified atom stereocenters.